The molecule has 3 heteroatoms. The number of hydrogen-bond donors (Lipinski definition) is 1. The van der Waals surface area contributed by atoms with E-state index in [1.54, 1.807) is 13.4 Å². The Balaban J connectivity index is 2.42. The number of rotatable bonds is 9. The van der Waals surface area contributed by atoms with Crippen molar-refractivity contribution in [3.05, 3.63) is 24.2 Å². The first-order chi connectivity index (χ1) is 8.26. The van der Waals surface area contributed by atoms with Crippen molar-refractivity contribution in [2.24, 2.45) is 5.92 Å². The Hall–Kier alpha value is -0.800. The first-order valence-electron chi connectivity index (χ1n) is 6.49. The molecule has 0 bridgehead atoms. The minimum absolute atomic E-state index is 0.512. The Morgan fingerprint density at radius 1 is 1.47 bits per heavy atom. The van der Waals surface area contributed by atoms with Crippen LogP contribution in [0.1, 0.15) is 32.3 Å². The van der Waals surface area contributed by atoms with Crippen LogP contribution in [0, 0.1) is 5.92 Å². The maximum Gasteiger partial charge on any atom is 0.0935 e. The van der Waals surface area contributed by atoms with Crippen molar-refractivity contribution in [2.45, 2.75) is 39.2 Å². The number of nitrogens with one attached hydrogen (secondary N) is 1. The molecular weight excluding hydrogens is 214 g/mol. The molecule has 0 radical (unpaired) electrons. The first-order valence-corrected chi connectivity index (χ1v) is 6.49. The molecule has 1 heterocycles. The number of ether oxygens (including phenoxy) is 1. The summed E-state index contributed by atoms with van der Waals surface area (Å²) >= 11 is 0. The molecule has 0 amide bonds. The Kier molecular flexibility index (Phi) is 6.97. The van der Waals surface area contributed by atoms with Crippen LogP contribution in [0.3, 0.4) is 0 Å². The molecule has 0 aliphatic carbocycles. The Morgan fingerprint density at radius 2 is 2.29 bits per heavy atom. The molecular formula is C14H25NO2. The van der Waals surface area contributed by atoms with Gasteiger partial charge in [0.2, 0.25) is 0 Å². The smallest absolute Gasteiger partial charge is 0.0935 e. The van der Waals surface area contributed by atoms with Gasteiger partial charge in [-0.05, 0) is 43.4 Å². The fourth-order valence-corrected chi connectivity index (χ4v) is 2.12. The second-order valence-electron chi connectivity index (χ2n) is 4.78. The van der Waals surface area contributed by atoms with Crippen LogP contribution in [0.5, 0.6) is 0 Å². The van der Waals surface area contributed by atoms with E-state index in [0.717, 1.165) is 26.0 Å². The van der Waals surface area contributed by atoms with E-state index in [4.69, 9.17) is 9.15 Å². The zero-order valence-electron chi connectivity index (χ0n) is 11.2. The van der Waals surface area contributed by atoms with Crippen molar-refractivity contribution < 1.29 is 9.15 Å². The second-order valence-corrected chi connectivity index (χ2v) is 4.78. The summed E-state index contributed by atoms with van der Waals surface area (Å²) in [7, 11) is 1.76. The lowest BCUT2D eigenvalue weighted by Crippen LogP contribution is -2.34. The Morgan fingerprint density at radius 3 is 2.88 bits per heavy atom. The lowest BCUT2D eigenvalue weighted by molar-refractivity contribution is 0.149. The van der Waals surface area contributed by atoms with E-state index in [-0.39, 0.29) is 0 Å². The maximum absolute atomic E-state index is 5.20. The van der Waals surface area contributed by atoms with Crippen LogP contribution in [0.4, 0.5) is 0 Å². The third-order valence-corrected chi connectivity index (χ3v) is 2.88. The lowest BCUT2D eigenvalue weighted by Gasteiger charge is -2.21. The highest BCUT2D eigenvalue weighted by Gasteiger charge is 2.13. The summed E-state index contributed by atoms with van der Waals surface area (Å²) in [4.78, 5) is 0. The third-order valence-electron chi connectivity index (χ3n) is 2.88. The highest BCUT2D eigenvalue weighted by molar-refractivity contribution is 5.07. The SMILES string of the molecule is CCCNC(Cc1ccoc1)CC(C)COC. The van der Waals surface area contributed by atoms with Crippen molar-refractivity contribution >= 4 is 0 Å². The van der Waals surface area contributed by atoms with E-state index >= 15 is 0 Å². The van der Waals surface area contributed by atoms with Gasteiger partial charge in [-0.1, -0.05) is 13.8 Å². The van der Waals surface area contributed by atoms with Gasteiger partial charge in [0, 0.05) is 19.8 Å². The molecule has 1 rings (SSSR count). The molecule has 2 unspecified atom stereocenters. The molecule has 0 fully saturated rings. The fraction of sp³-hybridized carbons (Fsp3) is 0.714. The monoisotopic (exact) mass is 239 g/mol. The van der Waals surface area contributed by atoms with Crippen LogP contribution >= 0.6 is 0 Å². The van der Waals surface area contributed by atoms with Crippen LogP contribution in [0.2, 0.25) is 0 Å². The Labute approximate surface area is 105 Å². The van der Waals surface area contributed by atoms with Crippen LogP contribution in [0.15, 0.2) is 23.0 Å². The van der Waals surface area contributed by atoms with Gasteiger partial charge in [-0.3, -0.25) is 0 Å². The molecule has 0 aliphatic heterocycles. The molecule has 3 nitrogen and oxygen atoms in total. The maximum atomic E-state index is 5.20. The summed E-state index contributed by atoms with van der Waals surface area (Å²) in [6.07, 6.45) is 6.91. The number of furan rings is 1. The summed E-state index contributed by atoms with van der Waals surface area (Å²) in [5.74, 6) is 0.584. The molecule has 1 aromatic rings. The van der Waals surface area contributed by atoms with E-state index < -0.39 is 0 Å². The average molecular weight is 239 g/mol. The normalized spacial score (nSPS) is 14.8. The summed E-state index contributed by atoms with van der Waals surface area (Å²) in [6.45, 7) is 6.33. The zero-order chi connectivity index (χ0) is 12.5. The van der Waals surface area contributed by atoms with Gasteiger partial charge in [-0.2, -0.15) is 0 Å². The van der Waals surface area contributed by atoms with E-state index in [1.807, 2.05) is 12.3 Å². The van der Waals surface area contributed by atoms with Crippen LogP contribution in [-0.4, -0.2) is 26.3 Å². The van der Waals surface area contributed by atoms with Gasteiger partial charge in [0.05, 0.1) is 12.5 Å². The molecule has 1 aromatic heterocycles. The summed E-state index contributed by atoms with van der Waals surface area (Å²) in [6, 6.07) is 2.56. The van der Waals surface area contributed by atoms with Gasteiger partial charge in [-0.25, -0.2) is 0 Å². The molecule has 1 N–H and O–H groups in total. The highest BCUT2D eigenvalue weighted by atomic mass is 16.5. The van der Waals surface area contributed by atoms with Crippen LogP contribution in [0.25, 0.3) is 0 Å². The van der Waals surface area contributed by atoms with Gasteiger partial charge in [-0.15, -0.1) is 0 Å². The van der Waals surface area contributed by atoms with Crippen molar-refractivity contribution in [2.75, 3.05) is 20.3 Å². The van der Waals surface area contributed by atoms with Crippen LogP contribution in [-0.2, 0) is 11.2 Å². The zero-order valence-corrected chi connectivity index (χ0v) is 11.2. The topological polar surface area (TPSA) is 34.4 Å². The van der Waals surface area contributed by atoms with Crippen molar-refractivity contribution in [3.8, 4) is 0 Å². The molecule has 0 saturated carbocycles. The first kappa shape index (κ1) is 14.3. The molecule has 0 spiro atoms. The standard InChI is InChI=1S/C14H25NO2/c1-4-6-15-14(8-12(2)10-16-3)9-13-5-7-17-11-13/h5,7,11-12,14-15H,4,6,8-10H2,1-3H3. The fourth-order valence-electron chi connectivity index (χ4n) is 2.12. The van der Waals surface area contributed by atoms with Crippen molar-refractivity contribution in [3.63, 3.8) is 0 Å². The molecule has 0 aromatic carbocycles. The van der Waals surface area contributed by atoms with E-state index in [0.29, 0.717) is 12.0 Å². The van der Waals surface area contributed by atoms with Gasteiger partial charge in [0.15, 0.2) is 0 Å². The quantitative estimate of drug-likeness (QED) is 0.719. The minimum Gasteiger partial charge on any atom is -0.472 e. The predicted octanol–water partition coefficient (Wildman–Crippen LogP) is 2.86. The van der Waals surface area contributed by atoms with Gasteiger partial charge < -0.3 is 14.5 Å². The molecule has 17 heavy (non-hydrogen) atoms. The van der Waals surface area contributed by atoms with Gasteiger partial charge >= 0.3 is 0 Å². The highest BCUT2D eigenvalue weighted by Crippen LogP contribution is 2.12. The molecule has 0 saturated heterocycles. The van der Waals surface area contributed by atoms with E-state index in [2.05, 4.69) is 19.2 Å². The summed E-state index contributed by atoms with van der Waals surface area (Å²) in [5, 5.41) is 3.60. The predicted molar refractivity (Wildman–Crippen MR) is 70.2 cm³/mol. The number of methoxy groups -OCH3 is 1. The summed E-state index contributed by atoms with van der Waals surface area (Å²) < 4.78 is 10.3. The molecule has 0 aliphatic rings. The lowest BCUT2D eigenvalue weighted by atomic mass is 9.97. The Bertz CT molecular complexity index is 272. The largest absolute Gasteiger partial charge is 0.472 e. The van der Waals surface area contributed by atoms with Gasteiger partial charge in [0.1, 0.15) is 0 Å². The molecule has 2 atom stereocenters. The summed E-state index contributed by atoms with van der Waals surface area (Å²) in [5.41, 5.74) is 1.27. The van der Waals surface area contributed by atoms with Gasteiger partial charge in [0.25, 0.3) is 0 Å². The van der Waals surface area contributed by atoms with Crippen LogP contribution < -0.4 is 5.32 Å². The number of hydrogen-bond acceptors (Lipinski definition) is 3. The van der Waals surface area contributed by atoms with E-state index in [1.165, 1.54) is 12.0 Å². The average Bonchev–Trinajstić information content (AvgIpc) is 2.79. The molecule has 98 valence electrons. The van der Waals surface area contributed by atoms with Crippen molar-refractivity contribution in [1.29, 1.82) is 0 Å². The third kappa shape index (κ3) is 5.89. The van der Waals surface area contributed by atoms with E-state index in [9.17, 15) is 0 Å². The minimum atomic E-state index is 0.512. The van der Waals surface area contributed by atoms with Crippen molar-refractivity contribution in [1.82, 2.24) is 5.32 Å². The second kappa shape index (κ2) is 8.31.